The SMILES string of the molecule is COc1cccc(C(=O)N(Cc2c(C(F)(F)F)nn(-c3ccccc3)c2N(C)C)CC2CC2)c1. The number of methoxy groups -OCH3 is 1. The highest BCUT2D eigenvalue weighted by atomic mass is 19.4. The molecule has 6 nitrogen and oxygen atoms in total. The number of para-hydroxylation sites is 1. The van der Waals surface area contributed by atoms with Gasteiger partial charge in [0.2, 0.25) is 0 Å². The van der Waals surface area contributed by atoms with Gasteiger partial charge < -0.3 is 14.5 Å². The number of aromatic nitrogens is 2. The van der Waals surface area contributed by atoms with Crippen LogP contribution in [0.3, 0.4) is 0 Å². The third-order valence-electron chi connectivity index (χ3n) is 5.78. The Bertz CT molecular complexity index is 1150. The molecule has 1 aliphatic carbocycles. The quantitative estimate of drug-likeness (QED) is 0.462. The van der Waals surface area contributed by atoms with Crippen molar-refractivity contribution in [3.8, 4) is 11.4 Å². The van der Waals surface area contributed by atoms with Crippen molar-refractivity contribution in [3.63, 3.8) is 0 Å². The first kappa shape index (κ1) is 23.7. The molecule has 0 saturated heterocycles. The second-order valence-electron chi connectivity index (χ2n) is 8.65. The molecule has 0 atom stereocenters. The molecule has 9 heteroatoms. The molecule has 0 unspecified atom stereocenters. The second-order valence-corrected chi connectivity index (χ2v) is 8.65. The summed E-state index contributed by atoms with van der Waals surface area (Å²) in [6, 6.07) is 15.4. The monoisotopic (exact) mass is 472 g/mol. The number of anilines is 1. The van der Waals surface area contributed by atoms with E-state index in [1.807, 2.05) is 0 Å². The van der Waals surface area contributed by atoms with E-state index in [0.717, 1.165) is 12.8 Å². The highest BCUT2D eigenvalue weighted by molar-refractivity contribution is 5.94. The Labute approximate surface area is 196 Å². The maximum absolute atomic E-state index is 14.2. The molecule has 1 amide bonds. The molecule has 0 N–H and O–H groups in total. The van der Waals surface area contributed by atoms with Crippen LogP contribution in [0.4, 0.5) is 19.0 Å². The Hall–Kier alpha value is -3.49. The fourth-order valence-corrected chi connectivity index (χ4v) is 3.98. The molecule has 0 aliphatic heterocycles. The van der Waals surface area contributed by atoms with Crippen molar-refractivity contribution in [3.05, 3.63) is 71.4 Å². The van der Waals surface area contributed by atoms with Crippen LogP contribution in [0.5, 0.6) is 5.75 Å². The molecule has 0 radical (unpaired) electrons. The molecular weight excluding hydrogens is 445 g/mol. The molecule has 4 rings (SSSR count). The maximum Gasteiger partial charge on any atom is 0.435 e. The third kappa shape index (κ3) is 5.03. The molecule has 2 aromatic carbocycles. The molecule has 0 spiro atoms. The number of alkyl halides is 3. The summed E-state index contributed by atoms with van der Waals surface area (Å²) in [5, 5.41) is 3.97. The lowest BCUT2D eigenvalue weighted by atomic mass is 10.1. The minimum Gasteiger partial charge on any atom is -0.497 e. The summed E-state index contributed by atoms with van der Waals surface area (Å²) in [5.41, 5.74) is -0.135. The Kier molecular flexibility index (Phi) is 6.54. The molecule has 0 bridgehead atoms. The fraction of sp³-hybridized carbons (Fsp3) is 0.360. The van der Waals surface area contributed by atoms with E-state index in [2.05, 4.69) is 5.10 Å². The number of amides is 1. The van der Waals surface area contributed by atoms with Gasteiger partial charge in [0, 0.05) is 31.8 Å². The van der Waals surface area contributed by atoms with Gasteiger partial charge in [0.1, 0.15) is 11.6 Å². The largest absolute Gasteiger partial charge is 0.497 e. The van der Waals surface area contributed by atoms with E-state index in [1.54, 1.807) is 73.6 Å². The number of carbonyl (C=O) groups is 1. The third-order valence-corrected chi connectivity index (χ3v) is 5.78. The zero-order valence-electron chi connectivity index (χ0n) is 19.3. The topological polar surface area (TPSA) is 50.6 Å². The number of nitrogens with zero attached hydrogens (tertiary/aromatic N) is 4. The molecule has 1 heterocycles. The summed E-state index contributed by atoms with van der Waals surface area (Å²) in [4.78, 5) is 16.6. The number of carbonyl (C=O) groups excluding carboxylic acids is 1. The summed E-state index contributed by atoms with van der Waals surface area (Å²) in [6.45, 7) is 0.179. The van der Waals surface area contributed by atoms with Gasteiger partial charge in [-0.1, -0.05) is 24.3 Å². The van der Waals surface area contributed by atoms with E-state index in [-0.39, 0.29) is 29.8 Å². The predicted molar refractivity (Wildman–Crippen MR) is 123 cm³/mol. The average Bonchev–Trinajstić information content (AvgIpc) is 3.55. The van der Waals surface area contributed by atoms with Crippen molar-refractivity contribution < 1.29 is 22.7 Å². The average molecular weight is 473 g/mol. The van der Waals surface area contributed by atoms with Crippen molar-refractivity contribution in [2.75, 3.05) is 32.6 Å². The summed E-state index contributed by atoms with van der Waals surface area (Å²) in [6.07, 6.45) is -2.76. The Morgan fingerprint density at radius 3 is 2.41 bits per heavy atom. The Morgan fingerprint density at radius 1 is 1.12 bits per heavy atom. The van der Waals surface area contributed by atoms with Crippen LogP contribution in [0.2, 0.25) is 0 Å². The van der Waals surface area contributed by atoms with E-state index in [4.69, 9.17) is 4.74 Å². The van der Waals surface area contributed by atoms with Crippen molar-refractivity contribution in [1.82, 2.24) is 14.7 Å². The van der Waals surface area contributed by atoms with Gasteiger partial charge in [-0.2, -0.15) is 18.3 Å². The van der Waals surface area contributed by atoms with Gasteiger partial charge in [-0.3, -0.25) is 4.79 Å². The van der Waals surface area contributed by atoms with Crippen LogP contribution in [0.1, 0.15) is 34.5 Å². The lowest BCUT2D eigenvalue weighted by Gasteiger charge is -2.25. The lowest BCUT2D eigenvalue weighted by Crippen LogP contribution is -2.33. The van der Waals surface area contributed by atoms with E-state index in [1.165, 1.54) is 16.7 Å². The van der Waals surface area contributed by atoms with Crippen LogP contribution in [0, 0.1) is 5.92 Å². The number of rotatable bonds is 8. The zero-order valence-corrected chi connectivity index (χ0v) is 19.3. The first-order valence-electron chi connectivity index (χ1n) is 11.0. The van der Waals surface area contributed by atoms with Crippen LogP contribution in [-0.2, 0) is 12.7 Å². The van der Waals surface area contributed by atoms with Gasteiger partial charge in [-0.05, 0) is 49.1 Å². The van der Waals surface area contributed by atoms with Gasteiger partial charge in [0.15, 0.2) is 5.69 Å². The summed E-state index contributed by atoms with van der Waals surface area (Å²) < 4.78 is 49.0. The molecule has 1 saturated carbocycles. The minimum absolute atomic E-state index is 0.0294. The first-order valence-corrected chi connectivity index (χ1v) is 11.0. The smallest absolute Gasteiger partial charge is 0.435 e. The number of hydrogen-bond donors (Lipinski definition) is 0. The molecular formula is C25H27F3N4O2. The normalized spacial score (nSPS) is 13.6. The van der Waals surface area contributed by atoms with Crippen LogP contribution in [0.25, 0.3) is 5.69 Å². The summed E-state index contributed by atoms with van der Waals surface area (Å²) in [7, 11) is 4.85. The fourth-order valence-electron chi connectivity index (χ4n) is 3.98. The Balaban J connectivity index is 1.80. The first-order chi connectivity index (χ1) is 16.2. The van der Waals surface area contributed by atoms with Crippen LogP contribution < -0.4 is 9.64 Å². The maximum atomic E-state index is 14.2. The van der Waals surface area contributed by atoms with Gasteiger partial charge >= 0.3 is 6.18 Å². The predicted octanol–water partition coefficient (Wildman–Crippen LogP) is 5.02. The van der Waals surface area contributed by atoms with Crippen LogP contribution >= 0.6 is 0 Å². The number of halogens is 3. The van der Waals surface area contributed by atoms with Crippen molar-refractivity contribution in [2.45, 2.75) is 25.6 Å². The second kappa shape index (κ2) is 9.40. The molecule has 34 heavy (non-hydrogen) atoms. The van der Waals surface area contributed by atoms with E-state index in [0.29, 0.717) is 23.5 Å². The number of benzene rings is 2. The van der Waals surface area contributed by atoms with Crippen molar-refractivity contribution in [1.29, 1.82) is 0 Å². The molecule has 1 fully saturated rings. The van der Waals surface area contributed by atoms with Gasteiger partial charge in [-0.15, -0.1) is 0 Å². The Morgan fingerprint density at radius 2 is 1.82 bits per heavy atom. The lowest BCUT2D eigenvalue weighted by molar-refractivity contribution is -0.142. The van der Waals surface area contributed by atoms with E-state index in [9.17, 15) is 18.0 Å². The highest BCUT2D eigenvalue weighted by Crippen LogP contribution is 2.39. The van der Waals surface area contributed by atoms with Crippen molar-refractivity contribution >= 4 is 11.7 Å². The van der Waals surface area contributed by atoms with Crippen molar-refractivity contribution in [2.24, 2.45) is 5.92 Å². The zero-order chi connectivity index (χ0) is 24.5. The van der Waals surface area contributed by atoms with E-state index >= 15 is 0 Å². The van der Waals surface area contributed by atoms with Crippen LogP contribution in [-0.4, -0.2) is 48.3 Å². The minimum atomic E-state index is -4.68. The summed E-state index contributed by atoms with van der Waals surface area (Å²) >= 11 is 0. The van der Waals surface area contributed by atoms with Gasteiger partial charge in [-0.25, -0.2) is 4.68 Å². The van der Waals surface area contributed by atoms with Gasteiger partial charge in [0.05, 0.1) is 19.3 Å². The summed E-state index contributed by atoms with van der Waals surface area (Å²) in [5.74, 6) is 0.754. The molecule has 180 valence electrons. The van der Waals surface area contributed by atoms with E-state index < -0.39 is 11.9 Å². The number of ether oxygens (including phenoxy) is 1. The standard InChI is InChI=1S/C25H27F3N4O2/c1-30(2)23-21(22(25(26,27)28)29-32(23)19-9-5-4-6-10-19)16-31(15-17-12-13-17)24(33)18-8-7-11-20(14-18)34-3/h4-11,14,17H,12-13,15-16H2,1-3H3. The molecule has 1 aliphatic rings. The molecule has 3 aromatic rings. The van der Waals surface area contributed by atoms with Crippen LogP contribution in [0.15, 0.2) is 54.6 Å². The van der Waals surface area contributed by atoms with Gasteiger partial charge in [0.25, 0.3) is 5.91 Å². The molecule has 1 aromatic heterocycles. The number of hydrogen-bond acceptors (Lipinski definition) is 4. The highest BCUT2D eigenvalue weighted by Gasteiger charge is 2.41.